The standard InChI is InChI=1S/C41H41Cl2F2N5O3/c1-21(2)35-27-19-31(30-18-23-17-29(23)50(30)38(51)41(45)12-13-41)49(24-11-15-48(20-24)39(52)53-40(3,4)5)37(27)26-16-22(8-7-14-46)32(34(44)36(26)47-35)25-9-6-10-28(42)33(25)43/h6,9-10,16,19,23-24,29-30H,1,7-8,11-13,15,17-18,20H2,2-5H3. The third-order valence-corrected chi connectivity index (χ3v) is 12.0. The molecular weight excluding hydrogens is 719 g/mol. The van der Waals surface area contributed by atoms with Crippen molar-refractivity contribution >= 4 is 62.6 Å². The fourth-order valence-corrected chi connectivity index (χ4v) is 8.91. The number of nitriles is 1. The fraction of sp³-hybridized carbons (Fsp3) is 0.463. The molecule has 2 saturated carbocycles. The zero-order valence-corrected chi connectivity index (χ0v) is 31.8. The maximum Gasteiger partial charge on any atom is 0.410 e. The van der Waals surface area contributed by atoms with Gasteiger partial charge in [-0.15, -0.1) is 0 Å². The quantitative estimate of drug-likeness (QED) is 0.187. The summed E-state index contributed by atoms with van der Waals surface area (Å²) in [6, 6.07) is 10.4. The van der Waals surface area contributed by atoms with Crippen LogP contribution in [0.15, 0.2) is 36.9 Å². The number of likely N-dealkylation sites (tertiary alicyclic amines) is 2. The number of aromatic nitrogens is 2. The third kappa shape index (κ3) is 6.04. The van der Waals surface area contributed by atoms with Crippen LogP contribution < -0.4 is 0 Å². The van der Waals surface area contributed by atoms with Crippen molar-refractivity contribution in [3.8, 4) is 17.2 Å². The van der Waals surface area contributed by atoms with Crippen LogP contribution in [0.1, 0.15) is 95.3 Å². The lowest BCUT2D eigenvalue weighted by Crippen LogP contribution is -2.41. The number of amides is 2. The highest BCUT2D eigenvalue weighted by Crippen LogP contribution is 2.58. The minimum Gasteiger partial charge on any atom is -0.444 e. The van der Waals surface area contributed by atoms with Gasteiger partial charge in [0.25, 0.3) is 5.91 Å². The molecule has 12 heteroatoms. The van der Waals surface area contributed by atoms with Gasteiger partial charge in [-0.1, -0.05) is 41.9 Å². The van der Waals surface area contributed by atoms with Crippen molar-refractivity contribution in [3.63, 3.8) is 0 Å². The summed E-state index contributed by atoms with van der Waals surface area (Å²) in [6.07, 6.45) is 2.48. The van der Waals surface area contributed by atoms with Crippen molar-refractivity contribution < 1.29 is 23.1 Å². The highest BCUT2D eigenvalue weighted by molar-refractivity contribution is 6.43. The second kappa shape index (κ2) is 12.7. The zero-order valence-electron chi connectivity index (χ0n) is 30.2. The Kier molecular flexibility index (Phi) is 8.58. The first-order valence-electron chi connectivity index (χ1n) is 18.3. The van der Waals surface area contributed by atoms with E-state index in [-0.39, 0.29) is 64.8 Å². The van der Waals surface area contributed by atoms with E-state index in [2.05, 4.69) is 17.2 Å². The normalized spacial score (nSPS) is 23.0. The van der Waals surface area contributed by atoms with E-state index in [0.717, 1.165) is 17.5 Å². The van der Waals surface area contributed by atoms with Gasteiger partial charge in [0, 0.05) is 53.1 Å². The number of benzene rings is 2. The van der Waals surface area contributed by atoms with E-state index in [1.807, 2.05) is 39.8 Å². The lowest BCUT2D eigenvalue weighted by molar-refractivity contribution is -0.140. The number of allylic oxidation sites excluding steroid dienone is 1. The molecular formula is C41H41Cl2F2N5O3. The molecule has 2 saturated heterocycles. The van der Waals surface area contributed by atoms with E-state index >= 15 is 8.78 Å². The number of ether oxygens (including phenoxy) is 1. The Balaban J connectivity index is 1.40. The number of pyridine rings is 1. The van der Waals surface area contributed by atoms with Crippen LogP contribution in [0.3, 0.4) is 0 Å². The molecule has 8 nitrogen and oxygen atoms in total. The first kappa shape index (κ1) is 35.8. The van der Waals surface area contributed by atoms with E-state index in [9.17, 15) is 14.9 Å². The summed E-state index contributed by atoms with van der Waals surface area (Å²) in [6.45, 7) is 12.3. The molecule has 4 aliphatic rings. The lowest BCUT2D eigenvalue weighted by Gasteiger charge is -2.31. The maximum atomic E-state index is 17.4. The van der Waals surface area contributed by atoms with Crippen molar-refractivity contribution in [3.05, 3.63) is 69.7 Å². The fourth-order valence-electron chi connectivity index (χ4n) is 8.52. The molecule has 8 rings (SSSR count). The molecule has 2 aromatic heterocycles. The van der Waals surface area contributed by atoms with Gasteiger partial charge < -0.3 is 19.1 Å². The van der Waals surface area contributed by atoms with Crippen LogP contribution in [0, 0.1) is 23.1 Å². The maximum absolute atomic E-state index is 17.4. The number of aryl methyl sites for hydroxylation is 1. The highest BCUT2D eigenvalue weighted by atomic mass is 35.5. The molecule has 4 atom stereocenters. The number of piperidine rings is 1. The number of hydrogen-bond acceptors (Lipinski definition) is 5. The van der Waals surface area contributed by atoms with Gasteiger partial charge in [0.05, 0.1) is 39.4 Å². The average Bonchev–Trinajstić information content (AvgIpc) is 3.84. The Bertz CT molecular complexity index is 2290. The van der Waals surface area contributed by atoms with Crippen molar-refractivity contribution in [2.24, 2.45) is 5.92 Å². The molecule has 0 radical (unpaired) electrons. The zero-order chi connectivity index (χ0) is 37.7. The monoisotopic (exact) mass is 759 g/mol. The second-order valence-electron chi connectivity index (χ2n) is 16.2. The minimum absolute atomic E-state index is 0.0236. The van der Waals surface area contributed by atoms with Crippen LogP contribution in [0.4, 0.5) is 13.6 Å². The number of carbonyl (C=O) groups is 2. The van der Waals surface area contributed by atoms with E-state index in [1.54, 1.807) is 28.0 Å². The highest BCUT2D eigenvalue weighted by Gasteiger charge is 2.62. The Hall–Kier alpha value is -4.20. The number of halogens is 4. The summed E-state index contributed by atoms with van der Waals surface area (Å²) in [5, 5.41) is 11.3. The van der Waals surface area contributed by atoms with Crippen LogP contribution in [-0.2, 0) is 16.0 Å². The van der Waals surface area contributed by atoms with Gasteiger partial charge in [0.15, 0.2) is 11.5 Å². The van der Waals surface area contributed by atoms with Gasteiger partial charge in [0.1, 0.15) is 11.1 Å². The van der Waals surface area contributed by atoms with E-state index in [4.69, 9.17) is 32.9 Å². The Morgan fingerprint density at radius 1 is 1.17 bits per heavy atom. The molecule has 0 bridgehead atoms. The predicted octanol–water partition coefficient (Wildman–Crippen LogP) is 10.1. The van der Waals surface area contributed by atoms with Gasteiger partial charge >= 0.3 is 6.09 Å². The average molecular weight is 761 g/mol. The molecule has 4 aromatic rings. The number of rotatable bonds is 7. The van der Waals surface area contributed by atoms with Crippen molar-refractivity contribution in [2.45, 2.75) is 102 Å². The molecule has 0 spiro atoms. The third-order valence-electron chi connectivity index (χ3n) is 11.2. The Morgan fingerprint density at radius 3 is 2.60 bits per heavy atom. The van der Waals surface area contributed by atoms with Crippen molar-refractivity contribution in [2.75, 3.05) is 13.1 Å². The van der Waals surface area contributed by atoms with E-state index in [0.29, 0.717) is 59.2 Å². The number of fused-ring (bicyclic) bond motifs is 4. The lowest BCUT2D eigenvalue weighted by atomic mass is 9.92. The number of hydrogen-bond donors (Lipinski definition) is 0. The number of carbonyl (C=O) groups excluding carboxylic acids is 2. The summed E-state index contributed by atoms with van der Waals surface area (Å²) < 4.78 is 40.8. The topological polar surface area (TPSA) is 91.5 Å². The SMILES string of the molecule is C=C(C)c1nc2c(F)c(-c3cccc(Cl)c3Cl)c(CCC#N)cc2c2c1cc(C1CC3CC3N1C(=O)C1(F)CC1)n2C1CCN(C(=O)OC(C)(C)C)C1. The van der Waals surface area contributed by atoms with Crippen LogP contribution in [-0.4, -0.2) is 61.8 Å². The van der Waals surface area contributed by atoms with Gasteiger partial charge in [0.2, 0.25) is 0 Å². The predicted molar refractivity (Wildman–Crippen MR) is 202 cm³/mol. The molecule has 4 fully saturated rings. The summed E-state index contributed by atoms with van der Waals surface area (Å²) >= 11 is 13.1. The number of nitrogens with zero attached hydrogens (tertiary/aromatic N) is 5. The van der Waals surface area contributed by atoms with Crippen LogP contribution in [0.5, 0.6) is 0 Å². The smallest absolute Gasteiger partial charge is 0.410 e. The van der Waals surface area contributed by atoms with Crippen LogP contribution in [0.25, 0.3) is 38.5 Å². The summed E-state index contributed by atoms with van der Waals surface area (Å²) in [7, 11) is 0. The molecule has 2 aromatic carbocycles. The largest absolute Gasteiger partial charge is 0.444 e. The second-order valence-corrected chi connectivity index (χ2v) is 17.0. The molecule has 2 aliphatic heterocycles. The summed E-state index contributed by atoms with van der Waals surface area (Å²) in [5.74, 6) is -0.788. The van der Waals surface area contributed by atoms with Gasteiger partial charge in [-0.25, -0.2) is 18.6 Å². The summed E-state index contributed by atoms with van der Waals surface area (Å²) in [5.41, 5.74) is 1.36. The molecule has 53 heavy (non-hydrogen) atoms. The van der Waals surface area contributed by atoms with Gasteiger partial charge in [-0.05, 0) is 101 Å². The van der Waals surface area contributed by atoms with Crippen molar-refractivity contribution in [1.82, 2.24) is 19.4 Å². The van der Waals surface area contributed by atoms with Crippen LogP contribution in [0.2, 0.25) is 10.0 Å². The first-order chi connectivity index (χ1) is 25.1. The van der Waals surface area contributed by atoms with E-state index < -0.39 is 35.1 Å². The minimum atomic E-state index is -1.83. The van der Waals surface area contributed by atoms with Crippen LogP contribution >= 0.6 is 23.2 Å². The van der Waals surface area contributed by atoms with Gasteiger partial charge in [-0.2, -0.15) is 5.26 Å². The van der Waals surface area contributed by atoms with Crippen molar-refractivity contribution in [1.29, 1.82) is 5.26 Å². The Morgan fingerprint density at radius 2 is 1.92 bits per heavy atom. The Labute approximate surface area is 317 Å². The first-order valence-corrected chi connectivity index (χ1v) is 19.0. The molecule has 2 amide bonds. The summed E-state index contributed by atoms with van der Waals surface area (Å²) in [4.78, 5) is 35.5. The number of alkyl halides is 1. The molecule has 4 unspecified atom stereocenters. The molecule has 0 N–H and O–H groups in total. The molecule has 4 heterocycles. The van der Waals surface area contributed by atoms with E-state index in [1.165, 1.54) is 0 Å². The molecule has 276 valence electrons. The van der Waals surface area contributed by atoms with Gasteiger partial charge in [-0.3, -0.25) is 4.79 Å². The molecule has 2 aliphatic carbocycles.